The van der Waals surface area contributed by atoms with Gasteiger partial charge in [-0.1, -0.05) is 18.2 Å². The Morgan fingerprint density at radius 3 is 2.32 bits per heavy atom. The molecule has 0 unspecified atom stereocenters. The maximum Gasteiger partial charge on any atom is 0.343 e. The maximum atomic E-state index is 14.9. The van der Waals surface area contributed by atoms with Gasteiger partial charge in [-0.2, -0.15) is 0 Å². The fraction of sp³-hybridized carbons (Fsp3) is 0.226. The lowest BCUT2D eigenvalue weighted by atomic mass is 10.1. The summed E-state index contributed by atoms with van der Waals surface area (Å²) in [5.74, 6) is -1.91. The quantitative estimate of drug-likeness (QED) is 0.150. The van der Waals surface area contributed by atoms with E-state index in [2.05, 4.69) is 20.6 Å². The normalized spacial score (nSPS) is 11.4. The number of rotatable bonds is 11. The summed E-state index contributed by atoms with van der Waals surface area (Å²) in [6, 6.07) is 12.0. The van der Waals surface area contributed by atoms with Crippen LogP contribution in [0.4, 0.5) is 28.0 Å². The molecule has 0 aliphatic carbocycles. The lowest BCUT2D eigenvalue weighted by Crippen LogP contribution is -2.39. The molecule has 5 aromatic rings. The van der Waals surface area contributed by atoms with Crippen LogP contribution in [-0.2, 0) is 17.9 Å². The van der Waals surface area contributed by atoms with Gasteiger partial charge in [0.25, 0.3) is 12.0 Å². The van der Waals surface area contributed by atoms with Crippen molar-refractivity contribution >= 4 is 33.3 Å². The number of benzene rings is 2. The summed E-state index contributed by atoms with van der Waals surface area (Å²) in [6.07, 6.45) is -1.62. The molecule has 11 nitrogen and oxygen atoms in total. The number of pyridine rings is 1. The van der Waals surface area contributed by atoms with Crippen molar-refractivity contribution in [1.29, 1.82) is 0 Å². The van der Waals surface area contributed by atoms with Gasteiger partial charge < -0.3 is 15.0 Å². The van der Waals surface area contributed by atoms with Gasteiger partial charge in [0.15, 0.2) is 6.61 Å². The average molecular weight is 673 g/mol. The number of alkyl halides is 2. The molecule has 246 valence electrons. The number of nitrogens with one attached hydrogen (secondary N) is 2. The van der Waals surface area contributed by atoms with Gasteiger partial charge in [0.1, 0.15) is 16.5 Å². The number of hydrogen-bond acceptors (Lipinski definition) is 8. The molecule has 0 radical (unpaired) electrons. The highest BCUT2D eigenvalue weighted by atomic mass is 32.1. The van der Waals surface area contributed by atoms with Crippen molar-refractivity contribution in [1.82, 2.24) is 24.5 Å². The highest BCUT2D eigenvalue weighted by molar-refractivity contribution is 7.22. The van der Waals surface area contributed by atoms with Gasteiger partial charge in [-0.3, -0.25) is 14.2 Å². The number of ether oxygens (including phenoxy) is 1. The van der Waals surface area contributed by atoms with Crippen LogP contribution in [0.5, 0.6) is 5.88 Å². The van der Waals surface area contributed by atoms with E-state index in [0.29, 0.717) is 21.7 Å². The predicted molar refractivity (Wildman–Crippen MR) is 168 cm³/mol. The summed E-state index contributed by atoms with van der Waals surface area (Å²) >= 11 is 1.10. The first kappa shape index (κ1) is 33.3. The number of urea groups is 1. The number of amides is 2. The third-order valence-electron chi connectivity index (χ3n) is 6.86. The number of thiophene rings is 1. The monoisotopic (exact) mass is 672 g/mol. The summed E-state index contributed by atoms with van der Waals surface area (Å²) in [7, 11) is 4.88. The Bertz CT molecular complexity index is 2010. The third kappa shape index (κ3) is 7.19. The number of nitrogens with zero attached hydrogens (tertiary/aromatic N) is 4. The van der Waals surface area contributed by atoms with E-state index in [1.165, 1.54) is 25.3 Å². The van der Waals surface area contributed by atoms with Crippen LogP contribution >= 0.6 is 11.3 Å². The molecule has 0 bridgehead atoms. The van der Waals surface area contributed by atoms with Crippen LogP contribution in [0.2, 0.25) is 0 Å². The molecule has 0 atom stereocenters. The molecular weight excluding hydrogens is 644 g/mol. The number of anilines is 1. The van der Waals surface area contributed by atoms with Crippen LogP contribution < -0.4 is 26.8 Å². The highest BCUT2D eigenvalue weighted by Gasteiger charge is 2.25. The topological polar surface area (TPSA) is 120 Å². The minimum Gasteiger partial charge on any atom is -0.472 e. The van der Waals surface area contributed by atoms with Crippen molar-refractivity contribution < 1.29 is 31.9 Å². The van der Waals surface area contributed by atoms with Crippen molar-refractivity contribution in [3.8, 4) is 22.0 Å². The Morgan fingerprint density at radius 1 is 1.02 bits per heavy atom. The zero-order valence-electron chi connectivity index (χ0n) is 25.2. The summed E-state index contributed by atoms with van der Waals surface area (Å²) < 4.78 is 61.9. The summed E-state index contributed by atoms with van der Waals surface area (Å²) in [5.41, 5.74) is 1.76. The minimum atomic E-state index is -2.74. The smallest absolute Gasteiger partial charge is 0.343 e. The van der Waals surface area contributed by atoms with Gasteiger partial charge in [0.05, 0.1) is 30.9 Å². The first-order valence-electron chi connectivity index (χ1n) is 13.9. The minimum absolute atomic E-state index is 0.0117. The van der Waals surface area contributed by atoms with Crippen molar-refractivity contribution in [3.63, 3.8) is 0 Å². The molecule has 2 N–H and O–H groups in total. The molecule has 0 spiro atoms. The number of halogens is 4. The third-order valence-corrected chi connectivity index (χ3v) is 8.16. The van der Waals surface area contributed by atoms with Gasteiger partial charge in [-0.25, -0.2) is 42.2 Å². The molecule has 0 aliphatic heterocycles. The Labute approximate surface area is 268 Å². The lowest BCUT2D eigenvalue weighted by molar-refractivity contribution is 0.0796. The first-order valence-corrected chi connectivity index (χ1v) is 14.8. The molecule has 5 rings (SSSR count). The van der Waals surface area contributed by atoms with Gasteiger partial charge in [-0.05, 0) is 55.6 Å². The van der Waals surface area contributed by atoms with E-state index < -0.39 is 48.5 Å². The molecule has 0 fully saturated rings. The Kier molecular flexibility index (Phi) is 10.0. The van der Waals surface area contributed by atoms with Crippen LogP contribution in [0.15, 0.2) is 70.4 Å². The standard InChI is InChI=1S/C31H28F4N6O5S/c1-39(2)14-21-26-28(42)41(19-11-12-25(36-13-19)46-16-24(34)35)31(44)40(15-20-22(32)5-4-6-23(20)33)29(26)47-27(21)17-7-9-18(10-8-17)37-30(43)38-45-3/h4-13,24H,14-16H2,1-3H3,(H2,37,38,43). The van der Waals surface area contributed by atoms with Crippen LogP contribution in [-0.4, -0.2) is 59.3 Å². The molecule has 3 heterocycles. The lowest BCUT2D eigenvalue weighted by Gasteiger charge is -2.15. The van der Waals surface area contributed by atoms with E-state index in [9.17, 15) is 31.9 Å². The fourth-order valence-corrected chi connectivity index (χ4v) is 6.17. The van der Waals surface area contributed by atoms with Crippen molar-refractivity contribution in [2.45, 2.75) is 19.5 Å². The first-order chi connectivity index (χ1) is 22.5. The molecule has 2 amide bonds. The Hall–Kier alpha value is -5.06. The highest BCUT2D eigenvalue weighted by Crippen LogP contribution is 2.38. The van der Waals surface area contributed by atoms with Gasteiger partial charge in [-0.15, -0.1) is 11.3 Å². The number of hydroxylamine groups is 1. The molecule has 3 aromatic heterocycles. The van der Waals surface area contributed by atoms with Gasteiger partial charge in [0, 0.05) is 28.7 Å². The van der Waals surface area contributed by atoms with E-state index in [0.717, 1.165) is 38.8 Å². The molecule has 0 saturated carbocycles. The molecule has 16 heteroatoms. The van der Waals surface area contributed by atoms with Crippen LogP contribution in [0.1, 0.15) is 11.1 Å². The second-order valence-electron chi connectivity index (χ2n) is 10.4. The summed E-state index contributed by atoms with van der Waals surface area (Å²) in [6.45, 7) is -1.20. The van der Waals surface area contributed by atoms with Crippen LogP contribution in [0.25, 0.3) is 26.3 Å². The van der Waals surface area contributed by atoms with Crippen LogP contribution in [0.3, 0.4) is 0 Å². The van der Waals surface area contributed by atoms with Crippen LogP contribution in [0, 0.1) is 11.6 Å². The number of carbonyl (C=O) groups is 1. The Morgan fingerprint density at radius 2 is 1.72 bits per heavy atom. The largest absolute Gasteiger partial charge is 0.472 e. The van der Waals surface area contributed by atoms with Crippen molar-refractivity contribution in [2.24, 2.45) is 0 Å². The van der Waals surface area contributed by atoms with E-state index in [-0.39, 0.29) is 33.9 Å². The maximum absolute atomic E-state index is 14.9. The summed E-state index contributed by atoms with van der Waals surface area (Å²) in [4.78, 5) is 51.4. The van der Waals surface area contributed by atoms with E-state index >= 15 is 0 Å². The van der Waals surface area contributed by atoms with E-state index in [4.69, 9.17) is 4.74 Å². The Balaban J connectivity index is 1.74. The second-order valence-corrected chi connectivity index (χ2v) is 11.4. The molecule has 0 saturated heterocycles. The predicted octanol–water partition coefficient (Wildman–Crippen LogP) is 4.99. The zero-order valence-corrected chi connectivity index (χ0v) is 26.0. The molecule has 0 aliphatic rings. The molecule has 2 aromatic carbocycles. The SMILES string of the molecule is CONC(=O)Nc1ccc(-c2sc3c(c2CN(C)C)c(=O)n(-c2ccc(OCC(F)F)nc2)c(=O)n3Cc2c(F)cccc2F)cc1. The van der Waals surface area contributed by atoms with E-state index in [1.807, 2.05) is 4.90 Å². The number of fused-ring (bicyclic) bond motifs is 1. The van der Waals surface area contributed by atoms with Crippen molar-refractivity contribution in [3.05, 3.63) is 104 Å². The van der Waals surface area contributed by atoms with Crippen molar-refractivity contribution in [2.75, 3.05) is 33.1 Å². The molecule has 47 heavy (non-hydrogen) atoms. The molecular formula is C31H28F4N6O5S. The van der Waals surface area contributed by atoms with E-state index in [1.54, 1.807) is 38.4 Å². The second kappa shape index (κ2) is 14.1. The van der Waals surface area contributed by atoms with Gasteiger partial charge >= 0.3 is 11.7 Å². The summed E-state index contributed by atoms with van der Waals surface area (Å²) in [5, 5.41) is 2.73. The number of aromatic nitrogens is 3. The number of hydrogen-bond donors (Lipinski definition) is 2. The number of carbonyl (C=O) groups excluding carboxylic acids is 1. The van der Waals surface area contributed by atoms with Gasteiger partial charge in [0.2, 0.25) is 5.88 Å². The fourth-order valence-electron chi connectivity index (χ4n) is 4.87. The average Bonchev–Trinajstić information content (AvgIpc) is 3.39. The zero-order chi connectivity index (χ0) is 33.8.